The molecule has 6 aromatic carbocycles. The maximum absolute atomic E-state index is 12.3. The number of rotatable bonds is 18. The number of carbonyl (C=O) groups is 6. The van der Waals surface area contributed by atoms with Crippen molar-refractivity contribution in [2.24, 2.45) is 5.41 Å². The number of hydrogen-bond donors (Lipinski definition) is 3. The van der Waals surface area contributed by atoms with Crippen LogP contribution in [0.5, 0.6) is 11.5 Å². The Morgan fingerprint density at radius 3 is 1.25 bits per heavy atom. The number of benzene rings is 6. The summed E-state index contributed by atoms with van der Waals surface area (Å²) in [5, 5.41) is 26.9. The van der Waals surface area contributed by atoms with Gasteiger partial charge in [0, 0.05) is 27.7 Å². The molecule has 0 atom stereocenters. The highest BCUT2D eigenvalue weighted by atomic mass is 16.6. The number of esters is 1. The van der Waals surface area contributed by atoms with E-state index in [9.17, 15) is 33.9 Å². The average Bonchev–Trinajstić information content (AvgIpc) is 3.36. The number of allylic oxidation sites excluding steroid dienone is 2. The second-order valence-corrected chi connectivity index (χ2v) is 16.7. The molecule has 0 saturated carbocycles. The third-order valence-electron chi connectivity index (χ3n) is 9.69. The summed E-state index contributed by atoms with van der Waals surface area (Å²) >= 11 is 0. The van der Waals surface area contributed by atoms with Crippen LogP contribution in [0.2, 0.25) is 0 Å². The van der Waals surface area contributed by atoms with Crippen molar-refractivity contribution in [2.45, 2.75) is 40.2 Å². The van der Waals surface area contributed by atoms with Crippen LogP contribution < -0.4 is 9.47 Å². The van der Waals surface area contributed by atoms with Gasteiger partial charge in [0.15, 0.2) is 23.1 Å². The van der Waals surface area contributed by atoms with E-state index in [1.165, 1.54) is 38.1 Å². The second kappa shape index (κ2) is 26.3. The molecule has 0 bridgehead atoms. The van der Waals surface area contributed by atoms with Crippen molar-refractivity contribution < 1.29 is 58.3 Å². The molecule has 0 aliphatic heterocycles. The molecule has 12 heteroatoms. The molecule has 3 N–H and O–H groups in total. The Morgan fingerprint density at radius 2 is 0.855 bits per heavy atom. The van der Waals surface area contributed by atoms with Crippen molar-refractivity contribution in [3.8, 4) is 11.5 Å². The van der Waals surface area contributed by atoms with Gasteiger partial charge in [0.2, 0.25) is 0 Å². The highest BCUT2D eigenvalue weighted by Crippen LogP contribution is 2.23. The number of aromatic carboxylic acids is 1. The predicted molar refractivity (Wildman–Crippen MR) is 265 cm³/mol. The van der Waals surface area contributed by atoms with E-state index in [2.05, 4.69) is 0 Å². The first kappa shape index (κ1) is 53.6. The van der Waals surface area contributed by atoms with Crippen LogP contribution in [0.1, 0.15) is 108 Å². The number of aliphatic hydroxyl groups is 2. The molecule has 6 rings (SSSR count). The molecule has 0 aromatic heterocycles. The zero-order chi connectivity index (χ0) is 50.4. The number of ether oxygens (including phenoxy) is 3. The predicted octanol–water partition coefficient (Wildman–Crippen LogP) is 10.3. The molecular weight excluding hydrogens is 877 g/mol. The molecule has 6 aromatic rings. The fraction of sp³-hybridized carbons (Fsp3) is 0.193. The van der Waals surface area contributed by atoms with Crippen LogP contribution in [0, 0.1) is 5.41 Å². The van der Waals surface area contributed by atoms with Gasteiger partial charge in [-0.05, 0) is 110 Å². The van der Waals surface area contributed by atoms with Crippen LogP contribution in [0.25, 0.3) is 12.2 Å². The van der Waals surface area contributed by atoms with Crippen molar-refractivity contribution in [1.29, 1.82) is 0 Å². The molecule has 0 fully saturated rings. The van der Waals surface area contributed by atoms with E-state index >= 15 is 0 Å². The van der Waals surface area contributed by atoms with Gasteiger partial charge in [-0.1, -0.05) is 118 Å². The Morgan fingerprint density at radius 1 is 0.464 bits per heavy atom. The second-order valence-electron chi connectivity index (χ2n) is 16.7. The van der Waals surface area contributed by atoms with Gasteiger partial charge in [0.1, 0.15) is 36.9 Å². The zero-order valence-corrected chi connectivity index (χ0v) is 39.2. The first-order chi connectivity index (χ1) is 32.8. The molecule has 0 spiro atoms. The van der Waals surface area contributed by atoms with E-state index in [4.69, 9.17) is 24.4 Å². The van der Waals surface area contributed by atoms with Crippen molar-refractivity contribution in [2.75, 3.05) is 26.4 Å². The Balaban J connectivity index is 0.000000249. The van der Waals surface area contributed by atoms with Gasteiger partial charge in [0.05, 0.1) is 17.7 Å². The van der Waals surface area contributed by atoms with Gasteiger partial charge in [-0.2, -0.15) is 0 Å². The molecule has 0 heterocycles. The minimum atomic E-state index is -1.37. The van der Waals surface area contributed by atoms with E-state index in [0.717, 1.165) is 11.1 Å². The lowest BCUT2D eigenvalue weighted by atomic mass is 9.86. The van der Waals surface area contributed by atoms with Gasteiger partial charge in [-0.25, -0.2) is 9.59 Å². The van der Waals surface area contributed by atoms with Gasteiger partial charge >= 0.3 is 11.9 Å². The van der Waals surface area contributed by atoms with Crippen molar-refractivity contribution in [3.05, 3.63) is 214 Å². The topological polar surface area (TPSA) is 191 Å². The van der Waals surface area contributed by atoms with Crippen LogP contribution >= 0.6 is 0 Å². The standard InChI is InChI=1S/C29H28O5.C16H12O3.C12H16O4/c1-29(2,3)27(31)23-14-16-25(17-15-23)33-19-20-34-28(32)24-12-9-21(10-13-24)11-18-26(30)22-7-5-4-6-8-22;17-15(13-4-2-1-3-5-13)11-8-12-6-9-14(10-7-12)16(18)19;1-12(2,15)11(14)9-3-5-10(6-4-9)16-8-7-13/h4-18H,19-20H2,1-3H3;1-11H,(H,18,19);3-6,13,15H,7-8H2,1-2H3/b18-11+;;. The van der Waals surface area contributed by atoms with Crippen LogP contribution in [-0.2, 0) is 4.74 Å². The Bertz CT molecular complexity index is 2670. The normalized spacial score (nSPS) is 11.1. The largest absolute Gasteiger partial charge is 0.491 e. The third kappa shape index (κ3) is 18.3. The fourth-order valence-electron chi connectivity index (χ4n) is 5.94. The number of carboxylic acid groups (broad SMARTS) is 1. The summed E-state index contributed by atoms with van der Waals surface area (Å²) in [6.07, 6.45) is 6.36. The number of Topliss-reactive ketones (excluding diaryl/α,β-unsaturated/α-hetero) is 2. The fourth-order valence-corrected chi connectivity index (χ4v) is 5.94. The Kier molecular flexibility index (Phi) is 20.4. The highest BCUT2D eigenvalue weighted by Gasteiger charge is 2.25. The minimum Gasteiger partial charge on any atom is -0.491 e. The van der Waals surface area contributed by atoms with Crippen LogP contribution in [0.4, 0.5) is 0 Å². The number of hydrogen-bond acceptors (Lipinski definition) is 11. The average molecular weight is 933 g/mol. The lowest BCUT2D eigenvalue weighted by molar-refractivity contribution is 0.0449. The maximum atomic E-state index is 12.3. The van der Waals surface area contributed by atoms with Crippen LogP contribution in [-0.4, -0.2) is 82.4 Å². The monoisotopic (exact) mass is 932 g/mol. The minimum absolute atomic E-state index is 0.0512. The van der Waals surface area contributed by atoms with Crippen molar-refractivity contribution in [1.82, 2.24) is 0 Å². The molecule has 0 amide bonds. The molecule has 0 aliphatic rings. The third-order valence-corrected chi connectivity index (χ3v) is 9.69. The quantitative estimate of drug-likeness (QED) is 0.0320. The van der Waals surface area contributed by atoms with Gasteiger partial charge in [0.25, 0.3) is 0 Å². The molecule has 356 valence electrons. The Labute approximate surface area is 402 Å². The van der Waals surface area contributed by atoms with Crippen molar-refractivity contribution in [3.63, 3.8) is 0 Å². The molecule has 12 nitrogen and oxygen atoms in total. The molecular formula is C57H56O12. The van der Waals surface area contributed by atoms with E-state index in [1.807, 2.05) is 57.2 Å². The van der Waals surface area contributed by atoms with Gasteiger partial charge in [-0.3, -0.25) is 19.2 Å². The molecule has 0 aliphatic carbocycles. The molecule has 0 saturated heterocycles. The lowest BCUT2D eigenvalue weighted by Gasteiger charge is -2.16. The summed E-state index contributed by atoms with van der Waals surface area (Å²) in [5.74, 6) is -0.661. The van der Waals surface area contributed by atoms with E-state index in [0.29, 0.717) is 39.3 Å². The summed E-state index contributed by atoms with van der Waals surface area (Å²) in [5.41, 5.74) is 2.74. The summed E-state index contributed by atoms with van der Waals surface area (Å²) in [6, 6.07) is 44.5. The first-order valence-electron chi connectivity index (χ1n) is 21.9. The van der Waals surface area contributed by atoms with E-state index < -0.39 is 23.0 Å². The van der Waals surface area contributed by atoms with Crippen LogP contribution in [0.15, 0.2) is 170 Å². The summed E-state index contributed by atoms with van der Waals surface area (Å²) < 4.78 is 16.0. The number of aliphatic hydroxyl groups excluding tert-OH is 1. The van der Waals surface area contributed by atoms with E-state index in [1.54, 1.807) is 121 Å². The lowest BCUT2D eigenvalue weighted by Crippen LogP contribution is -2.30. The van der Waals surface area contributed by atoms with Gasteiger partial charge in [-0.15, -0.1) is 0 Å². The number of ketones is 4. The van der Waals surface area contributed by atoms with Gasteiger partial charge < -0.3 is 29.5 Å². The first-order valence-corrected chi connectivity index (χ1v) is 21.9. The van der Waals surface area contributed by atoms with E-state index in [-0.39, 0.29) is 55.1 Å². The number of carboxylic acids is 1. The van der Waals surface area contributed by atoms with Crippen molar-refractivity contribution >= 4 is 47.2 Å². The molecule has 69 heavy (non-hydrogen) atoms. The zero-order valence-electron chi connectivity index (χ0n) is 39.2. The number of carbonyl (C=O) groups excluding carboxylic acids is 5. The molecule has 0 radical (unpaired) electrons. The summed E-state index contributed by atoms with van der Waals surface area (Å²) in [4.78, 5) is 70.8. The summed E-state index contributed by atoms with van der Waals surface area (Å²) in [7, 11) is 0. The molecule has 0 unspecified atom stereocenters. The smallest absolute Gasteiger partial charge is 0.338 e. The SMILES string of the molecule is CC(C)(C)C(=O)c1ccc(OCCOC(=O)c2ccc(/C=C/C(=O)c3ccccc3)cc2)cc1.CC(C)(O)C(=O)c1ccc(OCCO)cc1.O=C(O)c1ccc(C=CC(=O)c2ccccc2)cc1. The van der Waals surface area contributed by atoms with Crippen LogP contribution in [0.3, 0.4) is 0 Å². The maximum Gasteiger partial charge on any atom is 0.338 e. The highest BCUT2D eigenvalue weighted by molar-refractivity contribution is 6.07. The Hall–Kier alpha value is -8.06. The summed E-state index contributed by atoms with van der Waals surface area (Å²) in [6.45, 7) is 9.00.